The van der Waals surface area contributed by atoms with Crippen LogP contribution in [0.3, 0.4) is 0 Å². The summed E-state index contributed by atoms with van der Waals surface area (Å²) in [7, 11) is 0. The van der Waals surface area contributed by atoms with E-state index in [2.05, 4.69) is 15.4 Å². The average molecular weight is 370 g/mol. The minimum absolute atomic E-state index is 0.00943. The number of aryl methyl sites for hydroxylation is 1. The van der Waals surface area contributed by atoms with Crippen molar-refractivity contribution >= 4 is 5.91 Å². The lowest BCUT2D eigenvalue weighted by atomic mass is 10.1. The van der Waals surface area contributed by atoms with Crippen LogP contribution in [0.4, 0.5) is 8.78 Å². The monoisotopic (exact) mass is 370 g/mol. The van der Waals surface area contributed by atoms with E-state index in [9.17, 15) is 13.6 Å². The van der Waals surface area contributed by atoms with Gasteiger partial charge < -0.3 is 10.1 Å². The molecule has 1 atom stereocenters. The maximum absolute atomic E-state index is 13.2. The highest BCUT2D eigenvalue weighted by atomic mass is 19.2. The van der Waals surface area contributed by atoms with Gasteiger partial charge in [0.05, 0.1) is 6.54 Å². The molecule has 1 N–H and O–H groups in total. The van der Waals surface area contributed by atoms with Gasteiger partial charge in [0, 0.05) is 24.1 Å². The zero-order valence-electron chi connectivity index (χ0n) is 14.2. The van der Waals surface area contributed by atoms with Crippen molar-refractivity contribution in [3.63, 3.8) is 0 Å². The van der Waals surface area contributed by atoms with Crippen LogP contribution in [0.25, 0.3) is 0 Å². The molecule has 1 unspecified atom stereocenters. The summed E-state index contributed by atoms with van der Waals surface area (Å²) >= 11 is 0. The van der Waals surface area contributed by atoms with Crippen molar-refractivity contribution in [3.05, 3.63) is 71.8 Å². The molecule has 0 bridgehead atoms. The van der Waals surface area contributed by atoms with E-state index >= 15 is 0 Å². The first-order chi connectivity index (χ1) is 13.1. The molecule has 2 aromatic carbocycles. The number of fused-ring (bicyclic) bond motifs is 1. The fraction of sp³-hybridized carbons (Fsp3) is 0.211. The molecule has 0 saturated carbocycles. The fourth-order valence-corrected chi connectivity index (χ4v) is 2.97. The topological polar surface area (TPSA) is 69.0 Å². The van der Waals surface area contributed by atoms with Crippen LogP contribution in [0.1, 0.15) is 22.6 Å². The van der Waals surface area contributed by atoms with Crippen LogP contribution in [0, 0.1) is 11.6 Å². The van der Waals surface area contributed by atoms with E-state index in [1.54, 1.807) is 28.9 Å². The number of hydrogen-bond donors (Lipinski definition) is 1. The zero-order valence-corrected chi connectivity index (χ0v) is 14.2. The Hall–Kier alpha value is -3.29. The number of nitrogens with zero attached hydrogens (tertiary/aromatic N) is 3. The highest BCUT2D eigenvalue weighted by molar-refractivity contribution is 5.94. The molecule has 1 aliphatic rings. The second-order valence-electron chi connectivity index (χ2n) is 6.27. The summed E-state index contributed by atoms with van der Waals surface area (Å²) in [6, 6.07) is 9.74. The van der Waals surface area contributed by atoms with Crippen LogP contribution in [0.2, 0.25) is 0 Å². The van der Waals surface area contributed by atoms with Crippen LogP contribution < -0.4 is 10.1 Å². The third-order valence-corrected chi connectivity index (χ3v) is 4.38. The molecule has 27 heavy (non-hydrogen) atoms. The van der Waals surface area contributed by atoms with Crippen LogP contribution in [0.5, 0.6) is 11.5 Å². The van der Waals surface area contributed by atoms with Gasteiger partial charge in [0.25, 0.3) is 5.91 Å². The second kappa shape index (κ2) is 7.14. The maximum atomic E-state index is 13.2. The van der Waals surface area contributed by atoms with Crippen LogP contribution in [-0.4, -0.2) is 26.7 Å². The Labute approximate surface area is 153 Å². The van der Waals surface area contributed by atoms with Crippen molar-refractivity contribution in [2.24, 2.45) is 0 Å². The molecule has 1 aromatic heterocycles. The molecule has 0 radical (unpaired) electrons. The largest absolute Gasteiger partial charge is 0.457 e. The molecule has 3 aromatic rings. The molecule has 0 spiro atoms. The Morgan fingerprint density at radius 3 is 2.67 bits per heavy atom. The minimum Gasteiger partial charge on any atom is -0.457 e. The van der Waals surface area contributed by atoms with Crippen molar-refractivity contribution in [2.45, 2.75) is 25.4 Å². The van der Waals surface area contributed by atoms with Crippen LogP contribution >= 0.6 is 0 Å². The van der Waals surface area contributed by atoms with Gasteiger partial charge in [-0.05, 0) is 42.8 Å². The highest BCUT2D eigenvalue weighted by Gasteiger charge is 2.21. The predicted molar refractivity (Wildman–Crippen MR) is 92.5 cm³/mol. The van der Waals surface area contributed by atoms with Gasteiger partial charge in [-0.2, -0.15) is 5.10 Å². The normalized spacial score (nSPS) is 15.9. The quantitative estimate of drug-likeness (QED) is 0.766. The van der Waals surface area contributed by atoms with E-state index < -0.39 is 11.6 Å². The first-order valence-corrected chi connectivity index (χ1v) is 8.49. The summed E-state index contributed by atoms with van der Waals surface area (Å²) < 4.78 is 33.5. The first kappa shape index (κ1) is 17.1. The smallest absolute Gasteiger partial charge is 0.251 e. The number of carbonyl (C=O) groups excluding carboxylic acids is 1. The molecule has 0 fully saturated rings. The molecule has 138 valence electrons. The Balaban J connectivity index is 1.38. The van der Waals surface area contributed by atoms with E-state index in [0.29, 0.717) is 17.9 Å². The molecule has 6 nitrogen and oxygen atoms in total. The third kappa shape index (κ3) is 3.79. The van der Waals surface area contributed by atoms with E-state index in [1.165, 1.54) is 12.4 Å². The van der Waals surface area contributed by atoms with E-state index in [-0.39, 0.29) is 17.7 Å². The Bertz CT molecular complexity index is 972. The van der Waals surface area contributed by atoms with Gasteiger partial charge in [0.2, 0.25) is 0 Å². The minimum atomic E-state index is -0.980. The Morgan fingerprint density at radius 2 is 1.89 bits per heavy atom. The molecule has 1 amide bonds. The lowest BCUT2D eigenvalue weighted by Crippen LogP contribution is -2.41. The summed E-state index contributed by atoms with van der Waals surface area (Å²) in [6.07, 6.45) is 3.10. The van der Waals surface area contributed by atoms with Crippen molar-refractivity contribution in [2.75, 3.05) is 0 Å². The molecular weight excluding hydrogens is 354 g/mol. The summed E-state index contributed by atoms with van der Waals surface area (Å²) in [5.41, 5.74) is 0.483. The third-order valence-electron chi connectivity index (χ3n) is 4.38. The average Bonchev–Trinajstić information content (AvgIpc) is 3.13. The number of rotatable bonds is 4. The second-order valence-corrected chi connectivity index (χ2v) is 6.27. The predicted octanol–water partition coefficient (Wildman–Crippen LogP) is 3.09. The number of nitrogens with one attached hydrogen (secondary N) is 1. The maximum Gasteiger partial charge on any atom is 0.251 e. The highest BCUT2D eigenvalue weighted by Crippen LogP contribution is 2.23. The number of hydrogen-bond acceptors (Lipinski definition) is 4. The molecule has 2 heterocycles. The standard InChI is InChI=1S/C19H16F2N4O2/c20-16-7-6-15(9-17(16)21)27-14-4-1-12(2-5-14)19(26)24-13-3-8-18-22-11-23-25(18)10-13/h1-2,4-7,9,11,13H,3,8,10H2,(H,24,26). The number of aromatic nitrogens is 3. The summed E-state index contributed by atoms with van der Waals surface area (Å²) in [5, 5.41) is 7.13. The number of benzene rings is 2. The van der Waals surface area contributed by atoms with Gasteiger partial charge in [0.15, 0.2) is 11.6 Å². The van der Waals surface area contributed by atoms with E-state index in [0.717, 1.165) is 30.8 Å². The van der Waals surface area contributed by atoms with Gasteiger partial charge in [-0.3, -0.25) is 4.79 Å². The van der Waals surface area contributed by atoms with Gasteiger partial charge in [-0.25, -0.2) is 18.4 Å². The van der Waals surface area contributed by atoms with Crippen molar-refractivity contribution in [1.29, 1.82) is 0 Å². The van der Waals surface area contributed by atoms with Crippen molar-refractivity contribution < 1.29 is 18.3 Å². The molecular formula is C19H16F2N4O2. The number of amides is 1. The molecule has 0 aliphatic carbocycles. The van der Waals surface area contributed by atoms with Gasteiger partial charge >= 0.3 is 0 Å². The first-order valence-electron chi connectivity index (χ1n) is 8.49. The number of halogens is 2. The SMILES string of the molecule is O=C(NC1CCc2ncnn2C1)c1ccc(Oc2ccc(F)c(F)c2)cc1. The fourth-order valence-electron chi connectivity index (χ4n) is 2.97. The van der Waals surface area contributed by atoms with Crippen LogP contribution in [0.15, 0.2) is 48.8 Å². The van der Waals surface area contributed by atoms with Crippen molar-refractivity contribution in [1.82, 2.24) is 20.1 Å². The van der Waals surface area contributed by atoms with Gasteiger partial charge in [0.1, 0.15) is 23.7 Å². The Morgan fingerprint density at radius 1 is 1.11 bits per heavy atom. The van der Waals surface area contributed by atoms with Crippen molar-refractivity contribution in [3.8, 4) is 11.5 Å². The van der Waals surface area contributed by atoms with Gasteiger partial charge in [-0.15, -0.1) is 0 Å². The summed E-state index contributed by atoms with van der Waals surface area (Å²) in [5.74, 6) is -0.580. The number of carbonyl (C=O) groups is 1. The number of ether oxygens (including phenoxy) is 1. The summed E-state index contributed by atoms with van der Waals surface area (Å²) in [6.45, 7) is 0.596. The Kier molecular flexibility index (Phi) is 4.53. The zero-order chi connectivity index (χ0) is 18.8. The van der Waals surface area contributed by atoms with Crippen LogP contribution in [-0.2, 0) is 13.0 Å². The van der Waals surface area contributed by atoms with E-state index in [4.69, 9.17) is 4.74 Å². The molecule has 4 rings (SSSR count). The molecule has 8 heteroatoms. The summed E-state index contributed by atoms with van der Waals surface area (Å²) in [4.78, 5) is 16.6. The molecule has 1 aliphatic heterocycles. The van der Waals surface area contributed by atoms with E-state index in [1.807, 2.05) is 0 Å². The lowest BCUT2D eigenvalue weighted by Gasteiger charge is -2.23. The van der Waals surface area contributed by atoms with Gasteiger partial charge in [-0.1, -0.05) is 0 Å². The molecule has 0 saturated heterocycles. The lowest BCUT2D eigenvalue weighted by molar-refractivity contribution is 0.0926.